The Morgan fingerprint density at radius 3 is 2.38 bits per heavy atom. The summed E-state index contributed by atoms with van der Waals surface area (Å²) < 4.78 is 23.9. The summed E-state index contributed by atoms with van der Waals surface area (Å²) in [6.07, 6.45) is 0. The maximum atomic E-state index is 12.9. The number of amides is 1. The van der Waals surface area contributed by atoms with Crippen LogP contribution in [0.3, 0.4) is 0 Å². The van der Waals surface area contributed by atoms with E-state index in [-0.39, 0.29) is 12.4 Å². The zero-order valence-corrected chi connectivity index (χ0v) is 14.2. The zero-order chi connectivity index (χ0) is 18.0. The minimum absolute atomic E-state index is 0.0327. The van der Waals surface area contributed by atoms with Gasteiger partial charge in [-0.25, -0.2) is 4.39 Å². The second-order valence-electron chi connectivity index (χ2n) is 6.43. The van der Waals surface area contributed by atoms with Crippen molar-refractivity contribution in [2.45, 2.75) is 38.9 Å². The van der Waals surface area contributed by atoms with E-state index in [4.69, 9.17) is 9.15 Å². The van der Waals surface area contributed by atoms with Crippen molar-refractivity contribution >= 4 is 5.91 Å². The van der Waals surface area contributed by atoms with Gasteiger partial charge in [0.2, 0.25) is 0 Å². The second kappa shape index (κ2) is 6.65. The van der Waals surface area contributed by atoms with Crippen LogP contribution in [0.15, 0.2) is 40.8 Å². The van der Waals surface area contributed by atoms with Gasteiger partial charge in [-0.1, -0.05) is 0 Å². The molecule has 0 aliphatic rings. The summed E-state index contributed by atoms with van der Waals surface area (Å²) >= 11 is 0. The molecule has 0 aliphatic carbocycles. The molecule has 0 saturated heterocycles. The van der Waals surface area contributed by atoms with Gasteiger partial charge in [-0.15, -0.1) is 0 Å². The molecule has 6 heteroatoms. The molecule has 0 bridgehead atoms. The number of rotatable bonds is 6. The van der Waals surface area contributed by atoms with Crippen molar-refractivity contribution in [3.63, 3.8) is 0 Å². The van der Waals surface area contributed by atoms with E-state index in [2.05, 4.69) is 5.32 Å². The zero-order valence-electron chi connectivity index (χ0n) is 14.2. The first-order valence-electron chi connectivity index (χ1n) is 7.62. The van der Waals surface area contributed by atoms with Gasteiger partial charge in [-0.05, 0) is 64.1 Å². The number of aryl methyl sites for hydroxylation is 1. The molecule has 5 nitrogen and oxygen atoms in total. The summed E-state index contributed by atoms with van der Waals surface area (Å²) in [5, 5.41) is 13.1. The third-order valence-corrected chi connectivity index (χ3v) is 3.60. The van der Waals surface area contributed by atoms with Gasteiger partial charge < -0.3 is 19.6 Å². The number of carbonyl (C=O) groups excluding carboxylic acids is 1. The summed E-state index contributed by atoms with van der Waals surface area (Å²) in [7, 11) is 0. The summed E-state index contributed by atoms with van der Waals surface area (Å²) in [5.41, 5.74) is -2.52. The van der Waals surface area contributed by atoms with Crippen molar-refractivity contribution in [2.24, 2.45) is 0 Å². The molecular weight excluding hydrogens is 313 g/mol. The molecular formula is C18H22FNO4. The maximum Gasteiger partial charge on any atom is 0.263 e. The molecule has 0 spiro atoms. The van der Waals surface area contributed by atoms with Gasteiger partial charge in [0.05, 0.1) is 6.54 Å². The lowest BCUT2D eigenvalue weighted by atomic mass is 10.0. The van der Waals surface area contributed by atoms with E-state index in [1.165, 1.54) is 24.3 Å². The predicted molar refractivity (Wildman–Crippen MR) is 87.1 cm³/mol. The molecule has 0 fully saturated rings. The Labute approximate surface area is 140 Å². The maximum absolute atomic E-state index is 12.9. The number of ether oxygens (including phenoxy) is 1. The summed E-state index contributed by atoms with van der Waals surface area (Å²) in [6.45, 7) is 6.49. The van der Waals surface area contributed by atoms with E-state index in [0.717, 1.165) is 0 Å². The van der Waals surface area contributed by atoms with Crippen LogP contribution in [-0.2, 0) is 10.4 Å². The second-order valence-corrected chi connectivity index (χ2v) is 6.43. The quantitative estimate of drug-likeness (QED) is 0.851. The van der Waals surface area contributed by atoms with Crippen LogP contribution >= 0.6 is 0 Å². The molecule has 1 atom stereocenters. The van der Waals surface area contributed by atoms with Gasteiger partial charge in [-0.2, -0.15) is 0 Å². The summed E-state index contributed by atoms with van der Waals surface area (Å²) in [5.74, 6) is 0.642. The molecule has 130 valence electrons. The van der Waals surface area contributed by atoms with Crippen LogP contribution in [0.4, 0.5) is 4.39 Å². The highest BCUT2D eigenvalue weighted by Crippen LogP contribution is 2.23. The molecule has 1 amide bonds. The molecule has 2 N–H and O–H groups in total. The van der Waals surface area contributed by atoms with Crippen LogP contribution in [0.25, 0.3) is 0 Å². The van der Waals surface area contributed by atoms with Crippen LogP contribution in [0.5, 0.6) is 5.75 Å². The van der Waals surface area contributed by atoms with Crippen LogP contribution in [0, 0.1) is 12.7 Å². The number of nitrogens with one attached hydrogen (secondary N) is 1. The molecule has 1 unspecified atom stereocenters. The SMILES string of the molecule is Cc1ccc(C(C)(O)CNC(=O)C(C)(C)Oc2ccc(F)cc2)o1. The van der Waals surface area contributed by atoms with Crippen LogP contribution in [-0.4, -0.2) is 23.2 Å². The van der Waals surface area contributed by atoms with Gasteiger partial charge in [0.25, 0.3) is 5.91 Å². The highest BCUT2D eigenvalue weighted by molar-refractivity contribution is 5.84. The number of benzene rings is 1. The van der Waals surface area contributed by atoms with E-state index in [1.807, 2.05) is 0 Å². The van der Waals surface area contributed by atoms with E-state index < -0.39 is 17.1 Å². The Hall–Kier alpha value is -2.34. The van der Waals surface area contributed by atoms with Gasteiger partial charge in [-0.3, -0.25) is 4.79 Å². The predicted octanol–water partition coefficient (Wildman–Crippen LogP) is 2.91. The topological polar surface area (TPSA) is 71.7 Å². The number of aliphatic hydroxyl groups is 1. The molecule has 2 aromatic rings. The van der Waals surface area contributed by atoms with Crippen molar-refractivity contribution in [3.05, 3.63) is 53.7 Å². The average molecular weight is 335 g/mol. The van der Waals surface area contributed by atoms with Crippen molar-refractivity contribution in [1.29, 1.82) is 0 Å². The van der Waals surface area contributed by atoms with Gasteiger partial charge in [0.15, 0.2) is 5.60 Å². The van der Waals surface area contributed by atoms with Crippen LogP contribution in [0.1, 0.15) is 32.3 Å². The van der Waals surface area contributed by atoms with Gasteiger partial charge >= 0.3 is 0 Å². The number of furan rings is 1. The minimum Gasteiger partial charge on any atom is -0.478 e. The number of hydrogen-bond acceptors (Lipinski definition) is 4. The van der Waals surface area contributed by atoms with Gasteiger partial charge in [0, 0.05) is 0 Å². The Bertz CT molecular complexity index is 704. The van der Waals surface area contributed by atoms with Crippen molar-refractivity contribution < 1.29 is 23.4 Å². The van der Waals surface area contributed by atoms with E-state index in [9.17, 15) is 14.3 Å². The molecule has 0 radical (unpaired) electrons. The largest absolute Gasteiger partial charge is 0.478 e. The number of carbonyl (C=O) groups is 1. The molecule has 2 rings (SSSR count). The first-order valence-corrected chi connectivity index (χ1v) is 7.62. The molecule has 0 saturated carbocycles. The molecule has 24 heavy (non-hydrogen) atoms. The lowest BCUT2D eigenvalue weighted by molar-refractivity contribution is -0.135. The lowest BCUT2D eigenvalue weighted by Gasteiger charge is -2.28. The van der Waals surface area contributed by atoms with Crippen LogP contribution < -0.4 is 10.1 Å². The fourth-order valence-corrected chi connectivity index (χ4v) is 2.12. The lowest BCUT2D eigenvalue weighted by Crippen LogP contribution is -2.50. The van der Waals surface area contributed by atoms with E-state index >= 15 is 0 Å². The molecule has 1 aromatic carbocycles. The minimum atomic E-state index is -1.34. The highest BCUT2D eigenvalue weighted by Gasteiger charge is 2.33. The number of hydrogen-bond donors (Lipinski definition) is 2. The Morgan fingerprint density at radius 1 is 1.21 bits per heavy atom. The Morgan fingerprint density at radius 2 is 1.83 bits per heavy atom. The smallest absolute Gasteiger partial charge is 0.263 e. The van der Waals surface area contributed by atoms with Crippen LogP contribution in [0.2, 0.25) is 0 Å². The van der Waals surface area contributed by atoms with Crippen molar-refractivity contribution in [3.8, 4) is 5.75 Å². The molecule has 1 aromatic heterocycles. The Kier molecular flexibility index (Phi) is 4.99. The monoisotopic (exact) mass is 335 g/mol. The fraction of sp³-hybridized carbons (Fsp3) is 0.389. The molecule has 0 aliphatic heterocycles. The first-order chi connectivity index (χ1) is 11.1. The third-order valence-electron chi connectivity index (χ3n) is 3.60. The normalized spacial score (nSPS) is 14.1. The van der Waals surface area contributed by atoms with Crippen molar-refractivity contribution in [2.75, 3.05) is 6.54 Å². The number of halogens is 1. The first kappa shape index (κ1) is 18.0. The average Bonchev–Trinajstić information content (AvgIpc) is 2.94. The fourth-order valence-electron chi connectivity index (χ4n) is 2.12. The van der Waals surface area contributed by atoms with E-state index in [0.29, 0.717) is 17.3 Å². The third kappa shape index (κ3) is 4.35. The summed E-state index contributed by atoms with van der Waals surface area (Å²) in [6, 6.07) is 8.83. The van der Waals surface area contributed by atoms with E-state index in [1.54, 1.807) is 39.8 Å². The van der Waals surface area contributed by atoms with Crippen molar-refractivity contribution in [1.82, 2.24) is 5.32 Å². The van der Waals surface area contributed by atoms with Gasteiger partial charge in [0.1, 0.15) is 28.7 Å². The summed E-state index contributed by atoms with van der Waals surface area (Å²) in [4.78, 5) is 12.4. The molecule has 1 heterocycles. The standard InChI is InChI=1S/C18H22FNO4/c1-12-5-10-15(23-12)18(4,22)11-20-16(21)17(2,3)24-14-8-6-13(19)7-9-14/h5-10,22H,11H2,1-4H3,(H,20,21). The highest BCUT2D eigenvalue weighted by atomic mass is 19.1. The Balaban J connectivity index is 1.98.